The van der Waals surface area contributed by atoms with Crippen LogP contribution in [0.4, 0.5) is 0 Å². The summed E-state index contributed by atoms with van der Waals surface area (Å²) >= 11 is 1.72. The summed E-state index contributed by atoms with van der Waals surface area (Å²) in [5.74, 6) is 0. The summed E-state index contributed by atoms with van der Waals surface area (Å²) in [4.78, 5) is 10.2. The predicted octanol–water partition coefficient (Wildman–Crippen LogP) is 1.58. The molecule has 0 bridgehead atoms. The van der Waals surface area contributed by atoms with Crippen molar-refractivity contribution >= 4 is 11.3 Å². The summed E-state index contributed by atoms with van der Waals surface area (Å²) in [7, 11) is 2.18. The maximum absolute atomic E-state index is 4.71. The Kier molecular flexibility index (Phi) is 3.45. The molecule has 3 heterocycles. The molecule has 18 heavy (non-hydrogen) atoms. The van der Waals surface area contributed by atoms with E-state index in [1.807, 2.05) is 12.4 Å². The first-order valence-corrected chi connectivity index (χ1v) is 7.19. The summed E-state index contributed by atoms with van der Waals surface area (Å²) in [6.45, 7) is 3.33. The van der Waals surface area contributed by atoms with Crippen molar-refractivity contribution in [3.05, 3.63) is 29.5 Å². The van der Waals surface area contributed by atoms with Crippen molar-refractivity contribution in [2.24, 2.45) is 0 Å². The molecule has 0 aliphatic carbocycles. The molecular formula is C13H18N4S. The molecule has 1 atom stereocenters. The van der Waals surface area contributed by atoms with Gasteiger partial charge in [0.15, 0.2) is 0 Å². The summed E-state index contributed by atoms with van der Waals surface area (Å²) in [5.41, 5.74) is 2.38. The van der Waals surface area contributed by atoms with Gasteiger partial charge in [0, 0.05) is 55.4 Å². The van der Waals surface area contributed by atoms with E-state index in [1.165, 1.54) is 11.3 Å². The number of H-pyrrole nitrogens is 1. The van der Waals surface area contributed by atoms with Crippen LogP contribution >= 0.6 is 11.3 Å². The second-order valence-corrected chi connectivity index (χ2v) is 5.72. The van der Waals surface area contributed by atoms with Gasteiger partial charge in [0.1, 0.15) is 5.01 Å². The second kappa shape index (κ2) is 5.22. The van der Waals surface area contributed by atoms with Gasteiger partial charge in [0.05, 0.1) is 5.69 Å². The van der Waals surface area contributed by atoms with Crippen LogP contribution < -0.4 is 5.32 Å². The highest BCUT2D eigenvalue weighted by atomic mass is 32.1. The number of piperazine rings is 1. The molecule has 2 aromatic heterocycles. The summed E-state index contributed by atoms with van der Waals surface area (Å²) in [6.07, 6.45) is 4.95. The highest BCUT2D eigenvalue weighted by molar-refractivity contribution is 7.13. The lowest BCUT2D eigenvalue weighted by Crippen LogP contribution is -2.49. The number of nitrogens with zero attached hydrogens (tertiary/aromatic N) is 2. The minimum atomic E-state index is 0.532. The van der Waals surface area contributed by atoms with Crippen LogP contribution in [0.2, 0.25) is 0 Å². The Balaban J connectivity index is 1.66. The first-order valence-electron chi connectivity index (χ1n) is 6.31. The first-order chi connectivity index (χ1) is 8.81. The van der Waals surface area contributed by atoms with E-state index in [0.29, 0.717) is 6.04 Å². The van der Waals surface area contributed by atoms with Crippen LogP contribution in [0.5, 0.6) is 0 Å². The maximum atomic E-state index is 4.71. The van der Waals surface area contributed by atoms with Crippen molar-refractivity contribution in [1.82, 2.24) is 20.2 Å². The molecule has 5 heteroatoms. The Morgan fingerprint density at radius 1 is 1.56 bits per heavy atom. The van der Waals surface area contributed by atoms with E-state index in [4.69, 9.17) is 4.98 Å². The molecule has 3 rings (SSSR count). The van der Waals surface area contributed by atoms with Gasteiger partial charge in [-0.2, -0.15) is 0 Å². The van der Waals surface area contributed by atoms with Crippen LogP contribution in [0, 0.1) is 0 Å². The monoisotopic (exact) mass is 262 g/mol. The van der Waals surface area contributed by atoms with Crippen molar-refractivity contribution in [2.45, 2.75) is 12.5 Å². The number of hydrogen-bond donors (Lipinski definition) is 2. The Morgan fingerprint density at radius 3 is 3.28 bits per heavy atom. The molecule has 4 nitrogen and oxygen atoms in total. The van der Waals surface area contributed by atoms with Gasteiger partial charge < -0.3 is 15.2 Å². The van der Waals surface area contributed by atoms with Gasteiger partial charge in [-0.1, -0.05) is 0 Å². The largest absolute Gasteiger partial charge is 0.367 e. The molecule has 0 aromatic carbocycles. The highest BCUT2D eigenvalue weighted by Crippen LogP contribution is 2.23. The summed E-state index contributed by atoms with van der Waals surface area (Å²) in [6, 6.07) is 2.60. The van der Waals surface area contributed by atoms with Gasteiger partial charge in [0.2, 0.25) is 0 Å². The minimum Gasteiger partial charge on any atom is -0.367 e. The lowest BCUT2D eigenvalue weighted by Gasteiger charge is -2.30. The maximum Gasteiger partial charge on any atom is 0.125 e. The van der Waals surface area contributed by atoms with Crippen LogP contribution in [0.25, 0.3) is 10.6 Å². The quantitative estimate of drug-likeness (QED) is 0.883. The van der Waals surface area contributed by atoms with Crippen molar-refractivity contribution in [3.8, 4) is 10.6 Å². The van der Waals surface area contributed by atoms with Crippen molar-refractivity contribution < 1.29 is 0 Å². The number of likely N-dealkylation sites (N-methyl/N-ethyl adjacent to an activating group) is 1. The molecule has 2 aromatic rings. The fraction of sp³-hybridized carbons (Fsp3) is 0.462. The smallest absolute Gasteiger partial charge is 0.125 e. The average molecular weight is 262 g/mol. The topological polar surface area (TPSA) is 44.0 Å². The van der Waals surface area contributed by atoms with Gasteiger partial charge >= 0.3 is 0 Å². The molecule has 1 aliphatic heterocycles. The van der Waals surface area contributed by atoms with Crippen LogP contribution in [-0.2, 0) is 6.42 Å². The number of nitrogens with one attached hydrogen (secondary N) is 2. The van der Waals surface area contributed by atoms with E-state index in [-0.39, 0.29) is 0 Å². The molecule has 1 unspecified atom stereocenters. The molecular weight excluding hydrogens is 244 g/mol. The number of thiazole rings is 1. The van der Waals surface area contributed by atoms with Gasteiger partial charge in [-0.05, 0) is 13.1 Å². The molecule has 0 radical (unpaired) electrons. The van der Waals surface area contributed by atoms with E-state index in [9.17, 15) is 0 Å². The number of aromatic nitrogens is 2. The van der Waals surface area contributed by atoms with Gasteiger partial charge in [-0.15, -0.1) is 11.3 Å². The number of rotatable bonds is 3. The number of aromatic amines is 1. The molecule has 0 saturated carbocycles. The van der Waals surface area contributed by atoms with E-state index in [0.717, 1.165) is 31.1 Å². The Hall–Kier alpha value is -1.17. The lowest BCUT2D eigenvalue weighted by atomic mass is 10.1. The van der Waals surface area contributed by atoms with Crippen molar-refractivity contribution in [1.29, 1.82) is 0 Å². The third-order valence-electron chi connectivity index (χ3n) is 3.31. The van der Waals surface area contributed by atoms with Gasteiger partial charge in [0.25, 0.3) is 0 Å². The van der Waals surface area contributed by atoms with E-state index < -0.39 is 0 Å². The predicted molar refractivity (Wildman–Crippen MR) is 74.9 cm³/mol. The standard InChI is InChI=1S/C13H18N4S/c1-17-5-4-15-11(8-17)6-12-9-18-13(16-12)10-2-3-14-7-10/h2-3,7,9,11,14-15H,4-6,8H2,1H3. The van der Waals surface area contributed by atoms with Gasteiger partial charge in [-0.3, -0.25) is 0 Å². The minimum absolute atomic E-state index is 0.532. The first kappa shape index (κ1) is 11.9. The van der Waals surface area contributed by atoms with E-state index in [1.54, 1.807) is 11.3 Å². The van der Waals surface area contributed by atoms with Crippen LogP contribution in [-0.4, -0.2) is 47.6 Å². The third kappa shape index (κ3) is 2.63. The van der Waals surface area contributed by atoms with Crippen molar-refractivity contribution in [3.63, 3.8) is 0 Å². The molecule has 96 valence electrons. The van der Waals surface area contributed by atoms with Gasteiger partial charge in [-0.25, -0.2) is 4.98 Å². The Bertz CT molecular complexity index is 491. The zero-order valence-corrected chi connectivity index (χ0v) is 11.3. The highest BCUT2D eigenvalue weighted by Gasteiger charge is 2.18. The zero-order chi connectivity index (χ0) is 12.4. The summed E-state index contributed by atoms with van der Waals surface area (Å²) < 4.78 is 0. The molecule has 0 spiro atoms. The molecule has 0 amide bonds. The van der Waals surface area contributed by atoms with Crippen LogP contribution in [0.3, 0.4) is 0 Å². The fourth-order valence-electron chi connectivity index (χ4n) is 2.37. The molecule has 1 fully saturated rings. The van der Waals surface area contributed by atoms with Crippen molar-refractivity contribution in [2.75, 3.05) is 26.7 Å². The van der Waals surface area contributed by atoms with Crippen LogP contribution in [0.1, 0.15) is 5.69 Å². The van der Waals surface area contributed by atoms with E-state index >= 15 is 0 Å². The Morgan fingerprint density at radius 2 is 2.50 bits per heavy atom. The number of hydrogen-bond acceptors (Lipinski definition) is 4. The molecule has 1 saturated heterocycles. The fourth-order valence-corrected chi connectivity index (χ4v) is 3.20. The zero-order valence-electron chi connectivity index (χ0n) is 10.5. The van der Waals surface area contributed by atoms with E-state index in [2.05, 4.69) is 33.7 Å². The average Bonchev–Trinajstić information content (AvgIpc) is 2.98. The normalized spacial score (nSPS) is 21.3. The third-order valence-corrected chi connectivity index (χ3v) is 4.25. The SMILES string of the molecule is CN1CCNC(Cc2csc(-c3cc[nH]c3)n2)C1. The lowest BCUT2D eigenvalue weighted by molar-refractivity contribution is 0.237. The Labute approximate surface area is 111 Å². The summed E-state index contributed by atoms with van der Waals surface area (Å²) in [5, 5.41) is 6.84. The molecule has 1 aliphatic rings. The second-order valence-electron chi connectivity index (χ2n) is 4.86. The van der Waals surface area contributed by atoms with Crippen LogP contribution in [0.15, 0.2) is 23.8 Å². The molecule has 2 N–H and O–H groups in total.